The molecule has 2 N–H and O–H groups in total. The summed E-state index contributed by atoms with van der Waals surface area (Å²) in [6, 6.07) is 8.99. The summed E-state index contributed by atoms with van der Waals surface area (Å²) < 4.78 is 0. The molecule has 0 radical (unpaired) electrons. The van der Waals surface area contributed by atoms with E-state index in [1.54, 1.807) is 0 Å². The van der Waals surface area contributed by atoms with Gasteiger partial charge in [-0.05, 0) is 18.4 Å². The SMILES string of the molecule is C[Si](C)(C)c1ccc(C2(N)CC2)cc1. The Kier molecular flexibility index (Phi) is 2.09. The molecule has 1 aromatic rings. The number of benzene rings is 1. The Morgan fingerprint density at radius 2 is 1.57 bits per heavy atom. The third-order valence-corrected chi connectivity index (χ3v) is 5.18. The largest absolute Gasteiger partial charge is 0.321 e. The Balaban J connectivity index is 2.27. The highest BCUT2D eigenvalue weighted by molar-refractivity contribution is 6.88. The summed E-state index contributed by atoms with van der Waals surface area (Å²) in [6.45, 7) is 7.12. The average molecular weight is 205 g/mol. The Bertz CT molecular complexity index is 306. The van der Waals surface area contributed by atoms with Gasteiger partial charge >= 0.3 is 0 Å². The van der Waals surface area contributed by atoms with Crippen molar-refractivity contribution in [3.8, 4) is 0 Å². The zero-order chi connectivity index (χ0) is 10.4. The summed E-state index contributed by atoms with van der Waals surface area (Å²) in [6.07, 6.45) is 2.30. The molecule has 1 aliphatic rings. The number of rotatable bonds is 2. The van der Waals surface area contributed by atoms with Crippen LogP contribution in [-0.2, 0) is 5.54 Å². The van der Waals surface area contributed by atoms with Crippen LogP contribution in [0.15, 0.2) is 24.3 Å². The lowest BCUT2D eigenvalue weighted by atomic mass is 10.1. The molecule has 1 aliphatic carbocycles. The van der Waals surface area contributed by atoms with Gasteiger partial charge in [-0.3, -0.25) is 0 Å². The van der Waals surface area contributed by atoms with Crippen LogP contribution < -0.4 is 10.9 Å². The van der Waals surface area contributed by atoms with Gasteiger partial charge in [0, 0.05) is 5.54 Å². The van der Waals surface area contributed by atoms with Gasteiger partial charge in [0.05, 0.1) is 8.07 Å². The molecule has 1 saturated carbocycles. The van der Waals surface area contributed by atoms with E-state index in [-0.39, 0.29) is 5.54 Å². The Morgan fingerprint density at radius 3 is 1.93 bits per heavy atom. The van der Waals surface area contributed by atoms with Crippen molar-refractivity contribution in [3.05, 3.63) is 29.8 Å². The van der Waals surface area contributed by atoms with E-state index < -0.39 is 8.07 Å². The Morgan fingerprint density at radius 1 is 1.07 bits per heavy atom. The normalized spacial score (nSPS) is 19.4. The summed E-state index contributed by atoms with van der Waals surface area (Å²) in [5.74, 6) is 0. The van der Waals surface area contributed by atoms with Gasteiger partial charge in [0.15, 0.2) is 0 Å². The summed E-state index contributed by atoms with van der Waals surface area (Å²) >= 11 is 0. The minimum atomic E-state index is -1.14. The van der Waals surface area contributed by atoms with Crippen LogP contribution >= 0.6 is 0 Å². The van der Waals surface area contributed by atoms with E-state index in [1.807, 2.05) is 0 Å². The fourth-order valence-electron chi connectivity index (χ4n) is 1.73. The first kappa shape index (κ1) is 9.93. The second kappa shape index (κ2) is 2.94. The van der Waals surface area contributed by atoms with E-state index in [2.05, 4.69) is 43.9 Å². The third kappa shape index (κ3) is 1.77. The van der Waals surface area contributed by atoms with Crippen molar-refractivity contribution in [3.63, 3.8) is 0 Å². The van der Waals surface area contributed by atoms with Crippen molar-refractivity contribution in [1.82, 2.24) is 0 Å². The lowest BCUT2D eigenvalue weighted by Crippen LogP contribution is -2.37. The summed E-state index contributed by atoms with van der Waals surface area (Å²) in [4.78, 5) is 0. The van der Waals surface area contributed by atoms with Crippen LogP contribution in [0, 0.1) is 0 Å². The fraction of sp³-hybridized carbons (Fsp3) is 0.500. The maximum Gasteiger partial charge on any atom is 0.0775 e. The quantitative estimate of drug-likeness (QED) is 0.736. The molecule has 0 aliphatic heterocycles. The first-order chi connectivity index (χ1) is 6.42. The molecule has 2 rings (SSSR count). The first-order valence-electron chi connectivity index (χ1n) is 5.32. The van der Waals surface area contributed by atoms with Gasteiger partial charge in [-0.2, -0.15) is 0 Å². The standard InChI is InChI=1S/C12H19NSi/c1-14(2,3)11-6-4-10(5-7-11)12(13)8-9-12/h4-7H,8-9,13H2,1-3H3. The van der Waals surface area contributed by atoms with Crippen molar-refractivity contribution in [2.24, 2.45) is 5.73 Å². The molecule has 0 spiro atoms. The fourth-order valence-corrected chi connectivity index (χ4v) is 2.89. The summed E-state index contributed by atoms with van der Waals surface area (Å²) in [7, 11) is -1.14. The maximum atomic E-state index is 6.14. The molecule has 14 heavy (non-hydrogen) atoms. The average Bonchev–Trinajstić information content (AvgIpc) is 2.84. The van der Waals surface area contributed by atoms with Gasteiger partial charge in [0.2, 0.25) is 0 Å². The highest BCUT2D eigenvalue weighted by atomic mass is 28.3. The van der Waals surface area contributed by atoms with Gasteiger partial charge in [0.1, 0.15) is 0 Å². The molecule has 1 nitrogen and oxygen atoms in total. The smallest absolute Gasteiger partial charge is 0.0775 e. The van der Waals surface area contributed by atoms with Crippen LogP contribution in [0.2, 0.25) is 19.6 Å². The number of nitrogens with two attached hydrogens (primary N) is 1. The zero-order valence-corrected chi connectivity index (χ0v) is 10.3. The van der Waals surface area contributed by atoms with Gasteiger partial charge in [0.25, 0.3) is 0 Å². The number of hydrogen-bond donors (Lipinski definition) is 1. The minimum absolute atomic E-state index is 0.0258. The molecule has 76 valence electrons. The predicted molar refractivity (Wildman–Crippen MR) is 64.5 cm³/mol. The van der Waals surface area contributed by atoms with Crippen LogP contribution in [0.5, 0.6) is 0 Å². The van der Waals surface area contributed by atoms with E-state index in [9.17, 15) is 0 Å². The van der Waals surface area contributed by atoms with Crippen molar-refractivity contribution in [2.45, 2.75) is 38.0 Å². The van der Waals surface area contributed by atoms with E-state index in [0.717, 1.165) is 12.8 Å². The van der Waals surface area contributed by atoms with E-state index >= 15 is 0 Å². The van der Waals surface area contributed by atoms with E-state index in [4.69, 9.17) is 5.73 Å². The minimum Gasteiger partial charge on any atom is -0.321 e. The summed E-state index contributed by atoms with van der Waals surface area (Å²) in [5.41, 5.74) is 7.48. The van der Waals surface area contributed by atoms with Crippen molar-refractivity contribution in [2.75, 3.05) is 0 Å². The molecule has 0 aromatic heterocycles. The first-order valence-corrected chi connectivity index (χ1v) is 8.82. The monoisotopic (exact) mass is 205 g/mol. The molecule has 0 heterocycles. The molecule has 0 amide bonds. The van der Waals surface area contributed by atoms with Crippen molar-refractivity contribution >= 4 is 13.3 Å². The van der Waals surface area contributed by atoms with Crippen LogP contribution in [0.25, 0.3) is 0 Å². The van der Waals surface area contributed by atoms with Crippen LogP contribution in [0.4, 0.5) is 0 Å². The molecule has 1 fully saturated rings. The molecule has 0 bridgehead atoms. The van der Waals surface area contributed by atoms with Gasteiger partial charge in [-0.1, -0.05) is 49.1 Å². The highest BCUT2D eigenvalue weighted by Crippen LogP contribution is 2.42. The molecular formula is C12H19NSi. The molecule has 2 heteroatoms. The third-order valence-electron chi connectivity index (χ3n) is 3.11. The second-order valence-electron chi connectivity index (χ2n) is 5.48. The van der Waals surface area contributed by atoms with Crippen LogP contribution in [0.1, 0.15) is 18.4 Å². The van der Waals surface area contributed by atoms with Crippen molar-refractivity contribution < 1.29 is 0 Å². The Labute approximate surface area is 87.3 Å². The Hall–Kier alpha value is -0.603. The van der Waals surface area contributed by atoms with Gasteiger partial charge in [-0.15, -0.1) is 0 Å². The van der Waals surface area contributed by atoms with Crippen LogP contribution in [0.3, 0.4) is 0 Å². The lowest BCUT2D eigenvalue weighted by molar-refractivity contribution is 0.740. The predicted octanol–water partition coefficient (Wildman–Crippen LogP) is 2.18. The molecule has 1 aromatic carbocycles. The van der Waals surface area contributed by atoms with Crippen molar-refractivity contribution in [1.29, 1.82) is 0 Å². The molecule has 0 atom stereocenters. The van der Waals surface area contributed by atoms with Gasteiger partial charge < -0.3 is 5.73 Å². The molecule has 0 saturated heterocycles. The molecule has 0 unspecified atom stereocenters. The van der Waals surface area contributed by atoms with Gasteiger partial charge in [-0.25, -0.2) is 0 Å². The topological polar surface area (TPSA) is 26.0 Å². The molecular weight excluding hydrogens is 186 g/mol. The highest BCUT2D eigenvalue weighted by Gasteiger charge is 2.39. The van der Waals surface area contributed by atoms with E-state index in [0.29, 0.717) is 0 Å². The zero-order valence-electron chi connectivity index (χ0n) is 9.30. The lowest BCUT2D eigenvalue weighted by Gasteiger charge is -2.18. The number of hydrogen-bond acceptors (Lipinski definition) is 1. The van der Waals surface area contributed by atoms with E-state index in [1.165, 1.54) is 10.8 Å². The maximum absolute atomic E-state index is 6.14. The van der Waals surface area contributed by atoms with Crippen LogP contribution in [-0.4, -0.2) is 8.07 Å². The summed E-state index contributed by atoms with van der Waals surface area (Å²) in [5, 5.41) is 1.52. The second-order valence-corrected chi connectivity index (χ2v) is 10.6.